The molecule has 0 aliphatic heterocycles. The third kappa shape index (κ3) is 3.33. The molecule has 0 heterocycles. The summed E-state index contributed by atoms with van der Waals surface area (Å²) >= 11 is 0. The Morgan fingerprint density at radius 1 is 1.22 bits per heavy atom. The molecule has 2 N–H and O–H groups in total. The van der Waals surface area contributed by atoms with Crippen LogP contribution in [-0.4, -0.2) is 11.0 Å². The summed E-state index contributed by atoms with van der Waals surface area (Å²) in [5.74, 6) is 0.320. The van der Waals surface area contributed by atoms with Gasteiger partial charge in [-0.3, -0.25) is 4.79 Å². The number of benzene rings is 1. The Balaban J connectivity index is 2.01. The van der Waals surface area contributed by atoms with Gasteiger partial charge >= 0.3 is 0 Å². The van der Waals surface area contributed by atoms with Gasteiger partial charge in [0.25, 0.3) is 0 Å². The molecule has 18 heavy (non-hydrogen) atoms. The lowest BCUT2D eigenvalue weighted by Crippen LogP contribution is -2.16. The van der Waals surface area contributed by atoms with Gasteiger partial charge in [0.15, 0.2) is 0 Å². The van der Waals surface area contributed by atoms with Crippen LogP contribution in [0.25, 0.3) is 0 Å². The van der Waals surface area contributed by atoms with Crippen molar-refractivity contribution in [1.29, 1.82) is 0 Å². The summed E-state index contributed by atoms with van der Waals surface area (Å²) in [6, 6.07) is 7.51. The van der Waals surface area contributed by atoms with Crippen LogP contribution in [-0.2, 0) is 4.79 Å². The number of anilines is 1. The lowest BCUT2D eigenvalue weighted by molar-refractivity contribution is -0.114. The Hall–Kier alpha value is -1.35. The number of aliphatic hydroxyl groups is 1. The van der Waals surface area contributed by atoms with Gasteiger partial charge in [-0.05, 0) is 36.5 Å². The van der Waals surface area contributed by atoms with E-state index in [4.69, 9.17) is 0 Å². The molecule has 1 amide bonds. The largest absolute Gasteiger partial charge is 0.388 e. The molecule has 1 aliphatic rings. The average Bonchev–Trinajstić information content (AvgIpc) is 2.39. The van der Waals surface area contributed by atoms with Crippen molar-refractivity contribution >= 4 is 11.6 Å². The van der Waals surface area contributed by atoms with Crippen molar-refractivity contribution in [2.75, 3.05) is 5.32 Å². The maximum absolute atomic E-state index is 10.9. The predicted octanol–water partition coefficient (Wildman–Crippen LogP) is 3.26. The van der Waals surface area contributed by atoms with Gasteiger partial charge in [-0.2, -0.15) is 0 Å². The summed E-state index contributed by atoms with van der Waals surface area (Å²) in [7, 11) is 0. The first-order valence-electron chi connectivity index (χ1n) is 6.72. The Kier molecular flexibility index (Phi) is 4.37. The fourth-order valence-corrected chi connectivity index (χ4v) is 2.69. The molecule has 3 nitrogen and oxygen atoms in total. The fourth-order valence-electron chi connectivity index (χ4n) is 2.69. The molecule has 1 aliphatic carbocycles. The minimum absolute atomic E-state index is 0.0735. The maximum Gasteiger partial charge on any atom is 0.221 e. The molecule has 1 aromatic rings. The van der Waals surface area contributed by atoms with Gasteiger partial charge in [0.2, 0.25) is 5.91 Å². The lowest BCUT2D eigenvalue weighted by atomic mass is 9.83. The van der Waals surface area contributed by atoms with Gasteiger partial charge in [-0.15, -0.1) is 0 Å². The highest BCUT2D eigenvalue weighted by Crippen LogP contribution is 2.34. The number of rotatable bonds is 3. The van der Waals surface area contributed by atoms with Crippen LogP contribution in [0.3, 0.4) is 0 Å². The van der Waals surface area contributed by atoms with Crippen LogP contribution in [0.2, 0.25) is 0 Å². The Morgan fingerprint density at radius 3 is 2.39 bits per heavy atom. The highest BCUT2D eigenvalue weighted by molar-refractivity contribution is 5.88. The first-order valence-corrected chi connectivity index (χ1v) is 6.72. The minimum Gasteiger partial charge on any atom is -0.388 e. The Morgan fingerprint density at radius 2 is 1.83 bits per heavy atom. The van der Waals surface area contributed by atoms with Gasteiger partial charge in [-0.1, -0.05) is 31.4 Å². The second-order valence-corrected chi connectivity index (χ2v) is 5.15. The van der Waals surface area contributed by atoms with Gasteiger partial charge in [0.05, 0.1) is 6.10 Å². The van der Waals surface area contributed by atoms with Crippen molar-refractivity contribution in [1.82, 2.24) is 0 Å². The SMILES string of the molecule is CC(=O)Nc1ccc([C@H](O)C2CCCCC2)cc1. The number of carbonyl (C=O) groups excluding carboxylic acids is 1. The zero-order chi connectivity index (χ0) is 13.0. The third-order valence-corrected chi connectivity index (χ3v) is 3.67. The van der Waals surface area contributed by atoms with Crippen LogP contribution in [0.1, 0.15) is 50.7 Å². The van der Waals surface area contributed by atoms with E-state index in [-0.39, 0.29) is 12.0 Å². The topological polar surface area (TPSA) is 49.3 Å². The van der Waals surface area contributed by atoms with Gasteiger partial charge in [-0.25, -0.2) is 0 Å². The van der Waals surface area contributed by atoms with Crippen molar-refractivity contribution < 1.29 is 9.90 Å². The van der Waals surface area contributed by atoms with E-state index in [2.05, 4.69) is 5.32 Å². The Labute approximate surface area is 108 Å². The number of carbonyl (C=O) groups is 1. The second-order valence-electron chi connectivity index (χ2n) is 5.15. The first-order chi connectivity index (χ1) is 8.66. The number of hydrogen-bond acceptors (Lipinski definition) is 2. The van der Waals surface area contributed by atoms with Crippen LogP contribution in [0.15, 0.2) is 24.3 Å². The number of nitrogens with one attached hydrogen (secondary N) is 1. The molecular weight excluding hydrogens is 226 g/mol. The summed E-state index contributed by atoms with van der Waals surface area (Å²) < 4.78 is 0. The second kappa shape index (κ2) is 6.01. The zero-order valence-electron chi connectivity index (χ0n) is 10.9. The van der Waals surface area contributed by atoms with Crippen LogP contribution in [0.5, 0.6) is 0 Å². The van der Waals surface area contributed by atoms with Gasteiger partial charge < -0.3 is 10.4 Å². The van der Waals surface area contributed by atoms with E-state index >= 15 is 0 Å². The molecule has 0 spiro atoms. The Bertz CT molecular complexity index is 393. The van der Waals surface area contributed by atoms with Crippen LogP contribution in [0, 0.1) is 5.92 Å². The molecular formula is C15H21NO2. The van der Waals surface area contributed by atoms with E-state index in [1.54, 1.807) is 0 Å². The maximum atomic E-state index is 10.9. The van der Waals surface area contributed by atoms with Crippen LogP contribution >= 0.6 is 0 Å². The van der Waals surface area contributed by atoms with E-state index in [9.17, 15) is 9.90 Å². The molecule has 0 aromatic heterocycles. The molecule has 0 unspecified atom stereocenters. The van der Waals surface area contributed by atoms with E-state index in [1.165, 1.54) is 26.2 Å². The molecule has 1 fully saturated rings. The predicted molar refractivity (Wildman–Crippen MR) is 72.3 cm³/mol. The third-order valence-electron chi connectivity index (χ3n) is 3.67. The van der Waals surface area contributed by atoms with Crippen molar-refractivity contribution in [2.24, 2.45) is 5.92 Å². The number of amides is 1. The lowest BCUT2D eigenvalue weighted by Gasteiger charge is -2.26. The molecule has 3 heteroatoms. The standard InChI is InChI=1S/C15H21NO2/c1-11(17)16-14-9-7-13(8-10-14)15(18)12-5-3-2-4-6-12/h7-10,12,15,18H,2-6H2,1H3,(H,16,17)/t15-/m1/s1. The smallest absolute Gasteiger partial charge is 0.221 e. The molecule has 1 atom stereocenters. The quantitative estimate of drug-likeness (QED) is 0.861. The number of aliphatic hydroxyl groups excluding tert-OH is 1. The van der Waals surface area contributed by atoms with E-state index < -0.39 is 0 Å². The molecule has 0 saturated heterocycles. The summed E-state index contributed by atoms with van der Waals surface area (Å²) in [6.07, 6.45) is 5.63. The monoisotopic (exact) mass is 247 g/mol. The molecule has 1 saturated carbocycles. The average molecular weight is 247 g/mol. The summed E-state index contributed by atoms with van der Waals surface area (Å²) in [5, 5.41) is 13.1. The number of hydrogen-bond donors (Lipinski definition) is 2. The van der Waals surface area contributed by atoms with Crippen molar-refractivity contribution in [3.63, 3.8) is 0 Å². The van der Waals surface area contributed by atoms with Crippen molar-refractivity contribution in [3.8, 4) is 0 Å². The van der Waals surface area contributed by atoms with Gasteiger partial charge in [0, 0.05) is 12.6 Å². The van der Waals surface area contributed by atoms with Gasteiger partial charge in [0.1, 0.15) is 0 Å². The summed E-state index contributed by atoms with van der Waals surface area (Å²) in [5.41, 5.74) is 1.73. The van der Waals surface area contributed by atoms with Crippen molar-refractivity contribution in [2.45, 2.75) is 45.1 Å². The van der Waals surface area contributed by atoms with Crippen molar-refractivity contribution in [3.05, 3.63) is 29.8 Å². The van der Waals surface area contributed by atoms with E-state index in [1.807, 2.05) is 24.3 Å². The minimum atomic E-state index is -0.364. The fraction of sp³-hybridized carbons (Fsp3) is 0.533. The summed E-state index contributed by atoms with van der Waals surface area (Å²) in [4.78, 5) is 10.9. The van der Waals surface area contributed by atoms with Crippen LogP contribution < -0.4 is 5.32 Å². The molecule has 1 aromatic carbocycles. The molecule has 0 radical (unpaired) electrons. The van der Waals surface area contributed by atoms with E-state index in [0.717, 1.165) is 24.1 Å². The summed E-state index contributed by atoms with van der Waals surface area (Å²) in [6.45, 7) is 1.49. The van der Waals surface area contributed by atoms with E-state index in [0.29, 0.717) is 5.92 Å². The molecule has 2 rings (SSSR count). The molecule has 0 bridgehead atoms. The highest BCUT2D eigenvalue weighted by atomic mass is 16.3. The normalized spacial score (nSPS) is 18.3. The van der Waals surface area contributed by atoms with Crippen LogP contribution in [0.4, 0.5) is 5.69 Å². The highest BCUT2D eigenvalue weighted by Gasteiger charge is 2.22. The first kappa shape index (κ1) is 13.1. The zero-order valence-corrected chi connectivity index (χ0v) is 10.9. The molecule has 98 valence electrons.